The highest BCUT2D eigenvalue weighted by atomic mass is 28.4. The van der Waals surface area contributed by atoms with Gasteiger partial charge in [-0.25, -0.2) is 0 Å². The van der Waals surface area contributed by atoms with Crippen molar-refractivity contribution in [3.63, 3.8) is 0 Å². The molecule has 2 nitrogen and oxygen atoms in total. The van der Waals surface area contributed by atoms with Gasteiger partial charge in [0.05, 0.1) is 0 Å². The minimum atomic E-state index is -2.80. The molecular formula is C33H52O2Si. The largest absolute Gasteiger partial charge is 0.407 e. The van der Waals surface area contributed by atoms with Gasteiger partial charge >= 0.3 is 8.56 Å². The quantitative estimate of drug-likeness (QED) is 0.0899. The van der Waals surface area contributed by atoms with E-state index in [1.807, 2.05) is 6.08 Å². The van der Waals surface area contributed by atoms with Crippen molar-refractivity contribution in [1.29, 1.82) is 0 Å². The van der Waals surface area contributed by atoms with Gasteiger partial charge in [0.25, 0.3) is 0 Å². The fourth-order valence-corrected chi connectivity index (χ4v) is 8.26. The predicted molar refractivity (Wildman–Crippen MR) is 160 cm³/mol. The molecule has 0 heterocycles. The predicted octanol–water partition coefficient (Wildman–Crippen LogP) is 8.72. The molecule has 0 aromatic heterocycles. The van der Waals surface area contributed by atoms with Crippen LogP contribution in [0.4, 0.5) is 0 Å². The number of hydrogen-bond donors (Lipinski definition) is 0. The third kappa shape index (κ3) is 11.6. The van der Waals surface area contributed by atoms with E-state index in [2.05, 4.69) is 81.1 Å². The molecule has 0 spiro atoms. The summed E-state index contributed by atoms with van der Waals surface area (Å²) < 4.78 is 13.6. The van der Waals surface area contributed by atoms with Gasteiger partial charge in [-0.2, -0.15) is 0 Å². The molecule has 36 heavy (non-hydrogen) atoms. The van der Waals surface area contributed by atoms with E-state index in [9.17, 15) is 0 Å². The van der Waals surface area contributed by atoms with Crippen LogP contribution < -0.4 is 10.4 Å². The van der Waals surface area contributed by atoms with E-state index in [0.29, 0.717) is 0 Å². The lowest BCUT2D eigenvalue weighted by Gasteiger charge is -2.34. The molecule has 2 aromatic rings. The summed E-state index contributed by atoms with van der Waals surface area (Å²) in [6, 6.07) is 21.2. The van der Waals surface area contributed by atoms with Crippen molar-refractivity contribution in [2.75, 3.05) is 6.61 Å². The Morgan fingerprint density at radius 2 is 1.08 bits per heavy atom. The van der Waals surface area contributed by atoms with E-state index in [0.717, 1.165) is 19.4 Å². The fourth-order valence-electron chi connectivity index (χ4n) is 4.90. The second-order valence-corrected chi connectivity index (χ2v) is 13.2. The Bertz CT molecular complexity index is 737. The maximum Gasteiger partial charge on any atom is 0.407 e. The van der Waals surface area contributed by atoms with Gasteiger partial charge in [0.15, 0.2) is 0 Å². The monoisotopic (exact) mass is 508 g/mol. The minimum Gasteiger partial charge on any atom is -0.388 e. The van der Waals surface area contributed by atoms with Crippen molar-refractivity contribution < 1.29 is 8.85 Å². The van der Waals surface area contributed by atoms with Crippen LogP contribution in [0.2, 0.25) is 0 Å². The molecular weight excluding hydrogens is 456 g/mol. The van der Waals surface area contributed by atoms with Crippen LogP contribution in [-0.2, 0) is 8.85 Å². The molecule has 2 aromatic carbocycles. The molecule has 0 N–H and O–H groups in total. The van der Waals surface area contributed by atoms with Gasteiger partial charge in [-0.05, 0) is 30.1 Å². The summed E-state index contributed by atoms with van der Waals surface area (Å²) in [5.74, 6) is 0. The lowest BCUT2D eigenvalue weighted by atomic mass is 10.0. The zero-order valence-corrected chi connectivity index (χ0v) is 24.3. The highest BCUT2D eigenvalue weighted by Gasteiger charge is 2.43. The van der Waals surface area contributed by atoms with Crippen LogP contribution >= 0.6 is 0 Å². The molecule has 3 heteroatoms. The van der Waals surface area contributed by atoms with Gasteiger partial charge in [-0.1, -0.05) is 157 Å². The summed E-state index contributed by atoms with van der Waals surface area (Å²) in [6.45, 7) is 9.08. The van der Waals surface area contributed by atoms with Gasteiger partial charge in [0.1, 0.15) is 0 Å². The van der Waals surface area contributed by atoms with E-state index in [1.54, 1.807) is 0 Å². The van der Waals surface area contributed by atoms with Crippen LogP contribution in [0.3, 0.4) is 0 Å². The topological polar surface area (TPSA) is 18.5 Å². The Morgan fingerprint density at radius 1 is 0.667 bits per heavy atom. The van der Waals surface area contributed by atoms with Crippen LogP contribution in [-0.4, -0.2) is 21.3 Å². The van der Waals surface area contributed by atoms with E-state index in [4.69, 9.17) is 8.85 Å². The first-order valence-corrected chi connectivity index (χ1v) is 16.6. The normalized spacial score (nSPS) is 12.5. The van der Waals surface area contributed by atoms with Gasteiger partial charge in [-0.15, -0.1) is 6.58 Å². The van der Waals surface area contributed by atoms with E-state index >= 15 is 0 Å². The second-order valence-electron chi connectivity index (χ2n) is 10.2. The highest BCUT2D eigenvalue weighted by Crippen LogP contribution is 2.17. The fraction of sp³-hybridized carbons (Fsp3) is 0.576. The van der Waals surface area contributed by atoms with Crippen molar-refractivity contribution in [2.24, 2.45) is 0 Å². The van der Waals surface area contributed by atoms with Gasteiger partial charge in [0.2, 0.25) is 0 Å². The van der Waals surface area contributed by atoms with Crippen molar-refractivity contribution in [3.05, 3.63) is 73.3 Å². The maximum absolute atomic E-state index is 6.82. The molecule has 0 saturated carbocycles. The van der Waals surface area contributed by atoms with Crippen molar-refractivity contribution in [3.8, 4) is 0 Å². The zero-order chi connectivity index (χ0) is 25.7. The molecule has 0 bridgehead atoms. The van der Waals surface area contributed by atoms with Gasteiger partial charge in [0, 0.05) is 12.7 Å². The first-order chi connectivity index (χ1) is 17.7. The zero-order valence-electron chi connectivity index (χ0n) is 23.3. The molecule has 1 unspecified atom stereocenters. The molecule has 2 rings (SSSR count). The minimum absolute atomic E-state index is 0.0610. The molecule has 0 radical (unpaired) electrons. The summed E-state index contributed by atoms with van der Waals surface area (Å²) >= 11 is 0. The maximum atomic E-state index is 6.82. The molecule has 0 saturated heterocycles. The average molecular weight is 509 g/mol. The summed E-state index contributed by atoms with van der Waals surface area (Å²) in [7, 11) is -2.80. The second kappa shape index (κ2) is 19.4. The van der Waals surface area contributed by atoms with Crippen LogP contribution in [0.25, 0.3) is 0 Å². The van der Waals surface area contributed by atoms with Crippen LogP contribution in [0.15, 0.2) is 73.3 Å². The van der Waals surface area contributed by atoms with Crippen LogP contribution in [0.5, 0.6) is 0 Å². The molecule has 0 aliphatic carbocycles. The number of rotatable bonds is 22. The third-order valence-electron chi connectivity index (χ3n) is 6.98. The van der Waals surface area contributed by atoms with E-state index < -0.39 is 8.56 Å². The first kappa shape index (κ1) is 30.5. The van der Waals surface area contributed by atoms with Crippen molar-refractivity contribution in [1.82, 2.24) is 0 Å². The van der Waals surface area contributed by atoms with Crippen molar-refractivity contribution >= 4 is 18.9 Å². The van der Waals surface area contributed by atoms with Gasteiger partial charge < -0.3 is 8.85 Å². The number of benzene rings is 2. The smallest absolute Gasteiger partial charge is 0.388 e. The lowest BCUT2D eigenvalue weighted by Crippen LogP contribution is -2.64. The summed E-state index contributed by atoms with van der Waals surface area (Å²) in [4.78, 5) is 0. The summed E-state index contributed by atoms with van der Waals surface area (Å²) in [6.07, 6.45) is 21.9. The van der Waals surface area contributed by atoms with E-state index in [-0.39, 0.29) is 6.10 Å². The lowest BCUT2D eigenvalue weighted by molar-refractivity contribution is 0.141. The number of unbranched alkanes of at least 4 members (excludes halogenated alkanes) is 13. The molecule has 200 valence electrons. The first-order valence-electron chi connectivity index (χ1n) is 14.8. The standard InChI is InChI=1S/C33H52O2Si/c1-4-6-7-8-9-10-11-12-13-14-15-16-17-24-30-34-36(35-31(3)25-5-2,32-26-20-18-21-27-32)33-28-22-19-23-29-33/h5,18-23,26-29,31H,2,4,6-17,24-25,30H2,1,3H3. The Hall–Kier alpha value is -1.68. The Labute approximate surface area is 223 Å². The number of hydrogen-bond acceptors (Lipinski definition) is 2. The molecule has 0 aliphatic heterocycles. The molecule has 1 atom stereocenters. The van der Waals surface area contributed by atoms with Crippen molar-refractivity contribution in [2.45, 2.75) is 116 Å². The van der Waals surface area contributed by atoms with Crippen LogP contribution in [0, 0.1) is 0 Å². The average Bonchev–Trinajstić information content (AvgIpc) is 2.91. The summed E-state index contributed by atoms with van der Waals surface area (Å²) in [5.41, 5.74) is 0. The van der Waals surface area contributed by atoms with Crippen LogP contribution in [0.1, 0.15) is 110 Å². The SMILES string of the molecule is C=CCC(C)O[Si](OCCCCCCCCCCCCCCCC)(c1ccccc1)c1ccccc1. The molecule has 0 amide bonds. The Kier molecular flexibility index (Phi) is 16.5. The van der Waals surface area contributed by atoms with E-state index in [1.165, 1.54) is 93.8 Å². The molecule has 0 aliphatic rings. The third-order valence-corrected chi connectivity index (χ3v) is 10.5. The Balaban J connectivity index is 1.77. The highest BCUT2D eigenvalue weighted by molar-refractivity contribution is 6.92. The van der Waals surface area contributed by atoms with Gasteiger partial charge in [-0.3, -0.25) is 0 Å². The Morgan fingerprint density at radius 3 is 1.50 bits per heavy atom. The molecule has 0 fully saturated rings. The summed E-state index contributed by atoms with van der Waals surface area (Å²) in [5, 5.41) is 2.36.